The van der Waals surface area contributed by atoms with Gasteiger partial charge >= 0.3 is 0 Å². The lowest BCUT2D eigenvalue weighted by molar-refractivity contribution is 0.275. The first-order valence-corrected chi connectivity index (χ1v) is 6.50. The highest BCUT2D eigenvalue weighted by Crippen LogP contribution is 2.28. The molecule has 2 aromatic rings. The van der Waals surface area contributed by atoms with Gasteiger partial charge in [-0.3, -0.25) is 0 Å². The normalized spacial score (nSPS) is 10.3. The zero-order valence-electron chi connectivity index (χ0n) is 11.4. The predicted molar refractivity (Wildman–Crippen MR) is 76.9 cm³/mol. The highest BCUT2D eigenvalue weighted by Gasteiger charge is 2.08. The monoisotopic (exact) mass is 274 g/mol. The van der Waals surface area contributed by atoms with Crippen LogP contribution in [0.5, 0.6) is 17.5 Å². The smallest absolute Gasteiger partial charge is 0.240 e. The molecule has 0 aliphatic heterocycles. The molecule has 0 radical (unpaired) electrons. The van der Waals surface area contributed by atoms with E-state index in [-0.39, 0.29) is 6.61 Å². The van der Waals surface area contributed by atoms with Crippen LogP contribution in [0, 0.1) is 0 Å². The molecule has 0 fully saturated rings. The SMILES string of the molecule is CCCOc1nc(Oc2ccccc2CO)ccc1N. The summed E-state index contributed by atoms with van der Waals surface area (Å²) in [5.41, 5.74) is 6.97. The highest BCUT2D eigenvalue weighted by atomic mass is 16.5. The molecular formula is C15H18N2O3. The van der Waals surface area contributed by atoms with Crippen LogP contribution in [0.1, 0.15) is 18.9 Å². The molecule has 2 rings (SSSR count). The molecule has 0 saturated heterocycles. The molecular weight excluding hydrogens is 256 g/mol. The average molecular weight is 274 g/mol. The lowest BCUT2D eigenvalue weighted by Crippen LogP contribution is -2.02. The maximum atomic E-state index is 9.27. The first kappa shape index (κ1) is 14.1. The standard InChI is InChI=1S/C15H18N2O3/c1-2-9-19-15-12(16)7-8-14(17-15)20-13-6-4-3-5-11(13)10-18/h3-8,18H,2,9-10,16H2,1H3. The maximum absolute atomic E-state index is 9.27. The third-order valence-corrected chi connectivity index (χ3v) is 2.66. The Kier molecular flexibility index (Phi) is 4.79. The molecule has 0 amide bonds. The van der Waals surface area contributed by atoms with Crippen LogP contribution < -0.4 is 15.2 Å². The summed E-state index contributed by atoms with van der Waals surface area (Å²) in [6, 6.07) is 10.6. The Labute approximate surface area is 118 Å². The van der Waals surface area contributed by atoms with Crippen molar-refractivity contribution in [3.05, 3.63) is 42.0 Å². The molecule has 3 N–H and O–H groups in total. The maximum Gasteiger partial charge on any atom is 0.240 e. The zero-order chi connectivity index (χ0) is 14.4. The van der Waals surface area contributed by atoms with Gasteiger partial charge in [-0.15, -0.1) is 0 Å². The van der Waals surface area contributed by atoms with Gasteiger partial charge in [0, 0.05) is 11.6 Å². The molecule has 0 saturated carbocycles. The summed E-state index contributed by atoms with van der Waals surface area (Å²) in [5.74, 6) is 1.31. The van der Waals surface area contributed by atoms with Crippen molar-refractivity contribution in [3.8, 4) is 17.5 Å². The average Bonchev–Trinajstić information content (AvgIpc) is 2.48. The number of nitrogen functional groups attached to an aromatic ring is 1. The first-order chi connectivity index (χ1) is 9.74. The third kappa shape index (κ3) is 3.39. The van der Waals surface area contributed by atoms with Gasteiger partial charge in [0.05, 0.1) is 18.9 Å². The topological polar surface area (TPSA) is 77.6 Å². The summed E-state index contributed by atoms with van der Waals surface area (Å²) in [6.07, 6.45) is 0.875. The van der Waals surface area contributed by atoms with Crippen LogP contribution in [0.2, 0.25) is 0 Å². The van der Waals surface area contributed by atoms with E-state index in [0.29, 0.717) is 35.4 Å². The summed E-state index contributed by atoms with van der Waals surface area (Å²) in [7, 11) is 0. The van der Waals surface area contributed by atoms with Crippen molar-refractivity contribution in [2.24, 2.45) is 0 Å². The minimum atomic E-state index is -0.0929. The van der Waals surface area contributed by atoms with Gasteiger partial charge < -0.3 is 20.3 Å². The van der Waals surface area contributed by atoms with E-state index >= 15 is 0 Å². The highest BCUT2D eigenvalue weighted by molar-refractivity contribution is 5.50. The minimum absolute atomic E-state index is 0.0929. The van der Waals surface area contributed by atoms with Crippen LogP contribution in [-0.4, -0.2) is 16.7 Å². The fraction of sp³-hybridized carbons (Fsp3) is 0.267. The van der Waals surface area contributed by atoms with E-state index in [1.165, 1.54) is 0 Å². The Morgan fingerprint density at radius 3 is 2.75 bits per heavy atom. The van der Waals surface area contributed by atoms with Crippen LogP contribution in [0.4, 0.5) is 5.69 Å². The lowest BCUT2D eigenvalue weighted by atomic mass is 10.2. The molecule has 0 unspecified atom stereocenters. The van der Waals surface area contributed by atoms with Crippen LogP contribution in [0.25, 0.3) is 0 Å². The number of hydrogen-bond acceptors (Lipinski definition) is 5. The number of aromatic nitrogens is 1. The summed E-state index contributed by atoms with van der Waals surface area (Å²) in [4.78, 5) is 4.23. The zero-order valence-corrected chi connectivity index (χ0v) is 11.4. The summed E-state index contributed by atoms with van der Waals surface area (Å²) in [6.45, 7) is 2.46. The van der Waals surface area contributed by atoms with Gasteiger partial charge in [-0.1, -0.05) is 25.1 Å². The van der Waals surface area contributed by atoms with Crippen LogP contribution in [0.15, 0.2) is 36.4 Å². The number of nitrogens with two attached hydrogens (primary N) is 1. The van der Waals surface area contributed by atoms with Crippen molar-refractivity contribution in [2.75, 3.05) is 12.3 Å². The first-order valence-electron chi connectivity index (χ1n) is 6.50. The number of benzene rings is 1. The minimum Gasteiger partial charge on any atom is -0.476 e. The fourth-order valence-electron chi connectivity index (χ4n) is 1.65. The molecule has 0 aliphatic rings. The Morgan fingerprint density at radius 1 is 1.20 bits per heavy atom. The molecule has 5 heteroatoms. The summed E-state index contributed by atoms with van der Waals surface area (Å²) >= 11 is 0. The van der Waals surface area contributed by atoms with Crippen LogP contribution in [0.3, 0.4) is 0 Å². The number of nitrogens with zero attached hydrogens (tertiary/aromatic N) is 1. The Morgan fingerprint density at radius 2 is 2.00 bits per heavy atom. The number of rotatable bonds is 6. The second-order valence-corrected chi connectivity index (χ2v) is 4.26. The Hall–Kier alpha value is -2.27. The number of aliphatic hydroxyl groups is 1. The molecule has 106 valence electrons. The van der Waals surface area contributed by atoms with E-state index in [4.69, 9.17) is 15.2 Å². The third-order valence-electron chi connectivity index (χ3n) is 2.66. The van der Waals surface area contributed by atoms with Crippen LogP contribution >= 0.6 is 0 Å². The van der Waals surface area contributed by atoms with Crippen molar-refractivity contribution in [1.29, 1.82) is 0 Å². The fourth-order valence-corrected chi connectivity index (χ4v) is 1.65. The molecule has 5 nitrogen and oxygen atoms in total. The Bertz CT molecular complexity index is 573. The van der Waals surface area contributed by atoms with E-state index in [1.54, 1.807) is 24.3 Å². The van der Waals surface area contributed by atoms with Gasteiger partial charge in [0.1, 0.15) is 5.75 Å². The van der Waals surface area contributed by atoms with E-state index in [2.05, 4.69) is 4.98 Å². The number of anilines is 1. The molecule has 1 aromatic heterocycles. The molecule has 0 bridgehead atoms. The van der Waals surface area contributed by atoms with Crippen molar-refractivity contribution < 1.29 is 14.6 Å². The van der Waals surface area contributed by atoms with Crippen molar-refractivity contribution >= 4 is 5.69 Å². The quantitative estimate of drug-likeness (QED) is 0.847. The number of aliphatic hydroxyl groups excluding tert-OH is 1. The Balaban J connectivity index is 2.20. The van der Waals surface area contributed by atoms with Gasteiger partial charge in [0.2, 0.25) is 11.8 Å². The lowest BCUT2D eigenvalue weighted by Gasteiger charge is -2.11. The second-order valence-electron chi connectivity index (χ2n) is 4.26. The molecule has 1 aromatic carbocycles. The van der Waals surface area contributed by atoms with Gasteiger partial charge in [-0.2, -0.15) is 4.98 Å². The van der Waals surface area contributed by atoms with Crippen LogP contribution in [-0.2, 0) is 6.61 Å². The molecule has 1 heterocycles. The van der Waals surface area contributed by atoms with E-state index in [1.807, 2.05) is 19.1 Å². The van der Waals surface area contributed by atoms with Gasteiger partial charge in [-0.05, 0) is 18.6 Å². The van der Waals surface area contributed by atoms with Crippen molar-refractivity contribution in [1.82, 2.24) is 4.98 Å². The van der Waals surface area contributed by atoms with Crippen molar-refractivity contribution in [3.63, 3.8) is 0 Å². The van der Waals surface area contributed by atoms with Gasteiger partial charge in [0.25, 0.3) is 0 Å². The summed E-state index contributed by atoms with van der Waals surface area (Å²) in [5, 5.41) is 9.27. The second kappa shape index (κ2) is 6.77. The number of ether oxygens (including phenoxy) is 2. The number of pyridine rings is 1. The van der Waals surface area contributed by atoms with Crippen molar-refractivity contribution in [2.45, 2.75) is 20.0 Å². The molecule has 0 spiro atoms. The number of hydrogen-bond donors (Lipinski definition) is 2. The predicted octanol–water partition coefficient (Wildman–Crippen LogP) is 2.74. The molecule has 0 aliphatic carbocycles. The van der Waals surface area contributed by atoms with E-state index in [0.717, 1.165) is 6.42 Å². The number of para-hydroxylation sites is 1. The van der Waals surface area contributed by atoms with E-state index < -0.39 is 0 Å². The summed E-state index contributed by atoms with van der Waals surface area (Å²) < 4.78 is 11.1. The molecule has 0 atom stereocenters. The molecule has 20 heavy (non-hydrogen) atoms. The largest absolute Gasteiger partial charge is 0.476 e. The van der Waals surface area contributed by atoms with Gasteiger partial charge in [-0.25, -0.2) is 0 Å². The van der Waals surface area contributed by atoms with E-state index in [9.17, 15) is 5.11 Å². The van der Waals surface area contributed by atoms with Gasteiger partial charge in [0.15, 0.2) is 0 Å².